The third-order valence-electron chi connectivity index (χ3n) is 5.49. The number of hydrogen-bond acceptors (Lipinski definition) is 6. The number of nitrogens with two attached hydrogens (primary N) is 1. The maximum absolute atomic E-state index is 15.9. The van der Waals surface area contributed by atoms with Gasteiger partial charge in [-0.05, 0) is 60.9 Å². The van der Waals surface area contributed by atoms with Crippen LogP contribution in [-0.2, 0) is 14.8 Å². The van der Waals surface area contributed by atoms with E-state index in [0.717, 1.165) is 18.9 Å². The predicted octanol–water partition coefficient (Wildman–Crippen LogP) is 4.36. The Morgan fingerprint density at radius 3 is 2.56 bits per heavy atom. The number of aromatic nitrogens is 1. The molecule has 1 heterocycles. The Labute approximate surface area is 206 Å². The lowest BCUT2D eigenvalue weighted by molar-refractivity contribution is 0.209. The molecule has 2 N–H and O–H groups in total. The number of anilines is 1. The molecular formula is C25H23F3N4O3S. The van der Waals surface area contributed by atoms with Crippen LogP contribution in [0.5, 0.6) is 0 Å². The molecule has 2 aromatic carbocycles. The Morgan fingerprint density at radius 2 is 1.89 bits per heavy atom. The normalized spacial score (nSPS) is 14.7. The standard InChI is InChI=1S/C25H23F3N4O3S/c1-35-15-32(36(33,34)23-13-17(26)5-8-21(23)27)22-4-2-3-19(24(22)28)25(29)20(14-31-18-6-7-18)16-9-11-30-12-10-16/h2-5,8-14,18H,6-7,15,29H2,1H3. The summed E-state index contributed by atoms with van der Waals surface area (Å²) in [4.78, 5) is 7.49. The second-order valence-electron chi connectivity index (χ2n) is 8.06. The van der Waals surface area contributed by atoms with Gasteiger partial charge in [-0.1, -0.05) is 6.07 Å². The van der Waals surface area contributed by atoms with Crippen LogP contribution >= 0.6 is 0 Å². The number of hydrogen-bond donors (Lipinski definition) is 1. The molecule has 1 fully saturated rings. The first kappa shape index (κ1) is 25.4. The summed E-state index contributed by atoms with van der Waals surface area (Å²) in [6.07, 6.45) is 6.58. The highest BCUT2D eigenvalue weighted by Crippen LogP contribution is 2.33. The fourth-order valence-electron chi connectivity index (χ4n) is 3.48. The molecule has 0 saturated heterocycles. The number of methoxy groups -OCH3 is 1. The molecule has 3 aromatic rings. The van der Waals surface area contributed by atoms with Gasteiger partial charge >= 0.3 is 0 Å². The zero-order chi connectivity index (χ0) is 25.9. The molecule has 188 valence electrons. The lowest BCUT2D eigenvalue weighted by Gasteiger charge is -2.25. The van der Waals surface area contributed by atoms with Crippen molar-refractivity contribution in [2.45, 2.75) is 23.8 Å². The summed E-state index contributed by atoms with van der Waals surface area (Å²) in [5.41, 5.74) is 6.93. The Morgan fingerprint density at radius 1 is 1.17 bits per heavy atom. The summed E-state index contributed by atoms with van der Waals surface area (Å²) in [5.74, 6) is -3.14. The van der Waals surface area contributed by atoms with Crippen LogP contribution in [0.1, 0.15) is 24.0 Å². The zero-order valence-corrected chi connectivity index (χ0v) is 20.1. The molecule has 7 nitrogen and oxygen atoms in total. The summed E-state index contributed by atoms with van der Waals surface area (Å²) in [7, 11) is -3.57. The Bertz CT molecular complexity index is 1430. The average molecular weight is 517 g/mol. The Balaban J connectivity index is 1.86. The van der Waals surface area contributed by atoms with Crippen LogP contribution in [-0.4, -0.2) is 39.5 Å². The number of nitrogens with zero attached hydrogens (tertiary/aromatic N) is 3. The monoisotopic (exact) mass is 516 g/mol. The van der Waals surface area contributed by atoms with E-state index in [0.29, 0.717) is 27.6 Å². The van der Waals surface area contributed by atoms with Crippen molar-refractivity contribution in [3.05, 3.63) is 89.5 Å². The lowest BCUT2D eigenvalue weighted by Crippen LogP contribution is -2.34. The van der Waals surface area contributed by atoms with Crippen molar-refractivity contribution in [1.29, 1.82) is 0 Å². The molecule has 1 aliphatic rings. The van der Waals surface area contributed by atoms with Gasteiger partial charge in [0, 0.05) is 36.9 Å². The minimum atomic E-state index is -4.76. The van der Waals surface area contributed by atoms with Crippen molar-refractivity contribution >= 4 is 33.2 Å². The fourth-order valence-corrected chi connectivity index (χ4v) is 4.94. The van der Waals surface area contributed by atoms with Crippen molar-refractivity contribution < 1.29 is 26.3 Å². The molecule has 0 radical (unpaired) electrons. The van der Waals surface area contributed by atoms with E-state index in [2.05, 4.69) is 9.98 Å². The smallest absolute Gasteiger partial charge is 0.269 e. The summed E-state index contributed by atoms with van der Waals surface area (Å²) < 4.78 is 76.1. The van der Waals surface area contributed by atoms with Gasteiger partial charge < -0.3 is 10.5 Å². The van der Waals surface area contributed by atoms with Crippen molar-refractivity contribution in [2.24, 2.45) is 10.7 Å². The molecule has 0 atom stereocenters. The highest BCUT2D eigenvalue weighted by Gasteiger charge is 2.31. The van der Waals surface area contributed by atoms with Crippen molar-refractivity contribution in [3.8, 4) is 0 Å². The molecule has 4 rings (SSSR count). The summed E-state index contributed by atoms with van der Waals surface area (Å²) in [6, 6.07) is 9.53. The number of ether oxygens (including phenoxy) is 1. The Kier molecular flexibility index (Phi) is 7.41. The van der Waals surface area contributed by atoms with Gasteiger partial charge in [0.15, 0.2) is 5.82 Å². The highest BCUT2D eigenvalue weighted by molar-refractivity contribution is 7.92. The summed E-state index contributed by atoms with van der Waals surface area (Å²) in [6.45, 7) is -0.664. The number of rotatable bonds is 9. The summed E-state index contributed by atoms with van der Waals surface area (Å²) in [5, 5.41) is 0. The van der Waals surface area contributed by atoms with Crippen molar-refractivity contribution in [3.63, 3.8) is 0 Å². The Hall–Kier alpha value is -3.70. The van der Waals surface area contributed by atoms with Crippen LogP contribution in [0.4, 0.5) is 18.9 Å². The largest absolute Gasteiger partial charge is 0.398 e. The molecule has 0 spiro atoms. The first-order chi connectivity index (χ1) is 17.2. The van der Waals surface area contributed by atoms with Gasteiger partial charge in [-0.3, -0.25) is 9.98 Å². The van der Waals surface area contributed by atoms with Crippen LogP contribution in [0.2, 0.25) is 0 Å². The average Bonchev–Trinajstić information content (AvgIpc) is 3.69. The topological polar surface area (TPSA) is 97.9 Å². The number of aliphatic imine (C=N–C) groups is 1. The number of pyridine rings is 1. The van der Waals surface area contributed by atoms with Gasteiger partial charge in [0.25, 0.3) is 10.0 Å². The van der Waals surface area contributed by atoms with Crippen LogP contribution in [0.15, 0.2) is 70.8 Å². The first-order valence-corrected chi connectivity index (χ1v) is 12.4. The third-order valence-corrected chi connectivity index (χ3v) is 7.24. The van der Waals surface area contributed by atoms with Gasteiger partial charge in [-0.2, -0.15) is 0 Å². The molecule has 1 aromatic heterocycles. The molecule has 1 saturated carbocycles. The minimum Gasteiger partial charge on any atom is -0.398 e. The molecule has 36 heavy (non-hydrogen) atoms. The van der Waals surface area contributed by atoms with Gasteiger partial charge in [0.05, 0.1) is 17.4 Å². The van der Waals surface area contributed by atoms with Gasteiger partial charge in [-0.15, -0.1) is 0 Å². The number of benzene rings is 2. The van der Waals surface area contributed by atoms with E-state index in [9.17, 15) is 17.2 Å². The van der Waals surface area contributed by atoms with Crippen molar-refractivity contribution in [2.75, 3.05) is 18.1 Å². The van der Waals surface area contributed by atoms with E-state index in [1.807, 2.05) is 0 Å². The minimum absolute atomic E-state index is 0.0108. The molecule has 0 bridgehead atoms. The van der Waals surface area contributed by atoms with Gasteiger partial charge in [-0.25, -0.2) is 25.9 Å². The van der Waals surface area contributed by atoms with Crippen LogP contribution < -0.4 is 10.0 Å². The highest BCUT2D eigenvalue weighted by atomic mass is 32.2. The van der Waals surface area contributed by atoms with E-state index in [-0.39, 0.29) is 17.3 Å². The van der Waals surface area contributed by atoms with E-state index in [4.69, 9.17) is 10.5 Å². The quantitative estimate of drug-likeness (QED) is 0.337. The number of halogens is 3. The molecule has 0 amide bonds. The van der Waals surface area contributed by atoms with E-state index < -0.39 is 44.8 Å². The maximum atomic E-state index is 15.9. The second-order valence-corrected chi connectivity index (χ2v) is 9.89. The maximum Gasteiger partial charge on any atom is 0.269 e. The van der Waals surface area contributed by atoms with Crippen LogP contribution in [0.3, 0.4) is 0 Å². The molecule has 1 aliphatic carbocycles. The fraction of sp³-hybridized carbons (Fsp3) is 0.200. The van der Waals surface area contributed by atoms with E-state index >= 15 is 4.39 Å². The van der Waals surface area contributed by atoms with E-state index in [1.54, 1.807) is 30.7 Å². The predicted molar refractivity (Wildman–Crippen MR) is 131 cm³/mol. The van der Waals surface area contributed by atoms with Crippen LogP contribution in [0, 0.1) is 17.5 Å². The first-order valence-electron chi connectivity index (χ1n) is 10.9. The molecule has 0 aliphatic heterocycles. The molecular weight excluding hydrogens is 493 g/mol. The second kappa shape index (κ2) is 10.5. The van der Waals surface area contributed by atoms with E-state index in [1.165, 1.54) is 25.3 Å². The number of sulfonamides is 1. The molecule has 11 heteroatoms. The lowest BCUT2D eigenvalue weighted by atomic mass is 10.0. The molecule has 0 unspecified atom stereocenters. The van der Waals surface area contributed by atoms with Gasteiger partial charge in [0.1, 0.15) is 23.3 Å². The number of allylic oxidation sites excluding steroid dienone is 1. The zero-order valence-electron chi connectivity index (χ0n) is 19.2. The van der Waals surface area contributed by atoms with Crippen molar-refractivity contribution in [1.82, 2.24) is 4.98 Å². The van der Waals surface area contributed by atoms with Gasteiger partial charge in [0.2, 0.25) is 0 Å². The summed E-state index contributed by atoms with van der Waals surface area (Å²) >= 11 is 0. The third kappa shape index (κ3) is 5.26. The van der Waals surface area contributed by atoms with Crippen LogP contribution in [0.25, 0.3) is 11.3 Å². The SMILES string of the molecule is COCN(c1cccc(C(N)=C(C=NC2CC2)c2ccncc2)c1F)S(=O)(=O)c1cc(F)ccc1F.